The summed E-state index contributed by atoms with van der Waals surface area (Å²) >= 11 is 3.28. The molecule has 2 heterocycles. The van der Waals surface area contributed by atoms with E-state index in [2.05, 4.69) is 27.5 Å². The van der Waals surface area contributed by atoms with Crippen LogP contribution >= 0.6 is 15.9 Å². The lowest BCUT2D eigenvalue weighted by atomic mass is 10.1. The van der Waals surface area contributed by atoms with Crippen molar-refractivity contribution in [1.29, 1.82) is 0 Å². The Kier molecular flexibility index (Phi) is 3.98. The summed E-state index contributed by atoms with van der Waals surface area (Å²) in [5.41, 5.74) is 0.510. The molecule has 0 saturated carbocycles. The monoisotopic (exact) mass is 312 g/mol. The maximum atomic E-state index is 11.5. The van der Waals surface area contributed by atoms with Gasteiger partial charge < -0.3 is 9.84 Å². The summed E-state index contributed by atoms with van der Waals surface area (Å²) < 4.78 is 5.77. The minimum atomic E-state index is -0.871. The van der Waals surface area contributed by atoms with Gasteiger partial charge in [-0.2, -0.15) is 0 Å². The number of aliphatic hydroxyl groups excluding tert-OH is 1. The highest BCUT2D eigenvalue weighted by atomic mass is 79.9. The molecule has 0 unspecified atom stereocenters. The van der Waals surface area contributed by atoms with Gasteiger partial charge in [0, 0.05) is 17.2 Å². The number of nitrogens with zero attached hydrogens (tertiary/aromatic N) is 2. The topological polar surface area (TPSA) is 62.7 Å². The Morgan fingerprint density at radius 2 is 2.50 bits per heavy atom. The lowest BCUT2D eigenvalue weighted by Gasteiger charge is -2.24. The van der Waals surface area contributed by atoms with Crippen molar-refractivity contribution in [3.63, 3.8) is 0 Å². The van der Waals surface area contributed by atoms with Crippen LogP contribution in [0.1, 0.15) is 11.8 Å². The van der Waals surface area contributed by atoms with E-state index < -0.39 is 18.2 Å². The van der Waals surface area contributed by atoms with E-state index in [-0.39, 0.29) is 6.61 Å². The number of cyclic esters (lactones) is 1. The van der Waals surface area contributed by atoms with Crippen molar-refractivity contribution in [1.82, 2.24) is 9.88 Å². The fourth-order valence-corrected chi connectivity index (χ4v) is 2.07. The first-order chi connectivity index (χ1) is 8.63. The van der Waals surface area contributed by atoms with Crippen molar-refractivity contribution in [2.45, 2.75) is 12.1 Å². The van der Waals surface area contributed by atoms with E-state index in [1.807, 2.05) is 0 Å². The first kappa shape index (κ1) is 13.0. The molecule has 1 fully saturated rings. The van der Waals surface area contributed by atoms with Crippen LogP contribution in [0, 0.1) is 0 Å². The lowest BCUT2D eigenvalue weighted by molar-refractivity contribution is 0.0869. The van der Waals surface area contributed by atoms with Gasteiger partial charge in [-0.15, -0.1) is 6.58 Å². The third kappa shape index (κ3) is 2.54. The Morgan fingerprint density at radius 3 is 3.11 bits per heavy atom. The summed E-state index contributed by atoms with van der Waals surface area (Å²) in [5.74, 6) is 0. The van der Waals surface area contributed by atoms with Crippen LogP contribution in [0.4, 0.5) is 4.79 Å². The Balaban J connectivity index is 2.17. The highest BCUT2D eigenvalue weighted by molar-refractivity contribution is 9.10. The summed E-state index contributed by atoms with van der Waals surface area (Å²) in [6, 6.07) is 3.08. The van der Waals surface area contributed by atoms with Gasteiger partial charge in [-0.3, -0.25) is 9.88 Å². The number of hydrogen-bond acceptors (Lipinski definition) is 4. The Bertz CT molecular complexity index is 449. The van der Waals surface area contributed by atoms with Gasteiger partial charge in [-0.1, -0.05) is 6.08 Å². The van der Waals surface area contributed by atoms with E-state index in [0.29, 0.717) is 12.2 Å². The largest absolute Gasteiger partial charge is 0.447 e. The number of ether oxygens (including phenoxy) is 1. The molecule has 1 aliphatic heterocycles. The molecule has 2 rings (SSSR count). The van der Waals surface area contributed by atoms with Crippen molar-refractivity contribution in [3.05, 3.63) is 41.2 Å². The molecule has 18 heavy (non-hydrogen) atoms. The zero-order chi connectivity index (χ0) is 13.1. The van der Waals surface area contributed by atoms with Gasteiger partial charge >= 0.3 is 6.09 Å². The normalized spacial score (nSPS) is 20.7. The SMILES string of the molecule is C=CCN1C(=O)OC[C@@H]1[C@@H](O)c1ccc(Br)cn1. The summed E-state index contributed by atoms with van der Waals surface area (Å²) in [7, 11) is 0. The maximum absolute atomic E-state index is 11.5. The van der Waals surface area contributed by atoms with Crippen LogP contribution in [-0.2, 0) is 4.74 Å². The Morgan fingerprint density at radius 1 is 1.72 bits per heavy atom. The molecule has 0 aromatic carbocycles. The molecular formula is C12H13BrN2O3. The highest BCUT2D eigenvalue weighted by Crippen LogP contribution is 2.25. The molecule has 0 radical (unpaired) electrons. The van der Waals surface area contributed by atoms with Crippen molar-refractivity contribution in [2.75, 3.05) is 13.2 Å². The second-order valence-corrected chi connectivity index (χ2v) is 4.85. The maximum Gasteiger partial charge on any atom is 0.410 e. The van der Waals surface area contributed by atoms with Crippen LogP contribution in [-0.4, -0.2) is 40.3 Å². The molecule has 96 valence electrons. The average Bonchev–Trinajstić information content (AvgIpc) is 2.72. The number of carbonyl (C=O) groups excluding carboxylic acids is 1. The zero-order valence-corrected chi connectivity index (χ0v) is 11.2. The molecule has 5 nitrogen and oxygen atoms in total. The summed E-state index contributed by atoms with van der Waals surface area (Å²) in [6.45, 7) is 4.09. The van der Waals surface area contributed by atoms with E-state index in [0.717, 1.165) is 4.47 Å². The van der Waals surface area contributed by atoms with E-state index in [1.165, 1.54) is 4.90 Å². The van der Waals surface area contributed by atoms with Crippen LogP contribution in [0.15, 0.2) is 35.5 Å². The quantitative estimate of drug-likeness (QED) is 0.862. The van der Waals surface area contributed by atoms with Crippen LogP contribution in [0.5, 0.6) is 0 Å². The van der Waals surface area contributed by atoms with Crippen molar-refractivity contribution in [3.8, 4) is 0 Å². The molecule has 2 atom stereocenters. The summed E-state index contributed by atoms with van der Waals surface area (Å²) in [6.07, 6.45) is 1.90. The number of carbonyl (C=O) groups is 1. The smallest absolute Gasteiger partial charge is 0.410 e. The van der Waals surface area contributed by atoms with Crippen LogP contribution in [0.2, 0.25) is 0 Å². The van der Waals surface area contributed by atoms with E-state index in [1.54, 1.807) is 24.4 Å². The molecule has 1 N–H and O–H groups in total. The summed E-state index contributed by atoms with van der Waals surface area (Å²) in [4.78, 5) is 17.1. The lowest BCUT2D eigenvalue weighted by Crippen LogP contribution is -2.38. The number of aromatic nitrogens is 1. The average molecular weight is 313 g/mol. The molecule has 0 aliphatic carbocycles. The van der Waals surface area contributed by atoms with Crippen LogP contribution < -0.4 is 0 Å². The number of hydrogen-bond donors (Lipinski definition) is 1. The van der Waals surface area contributed by atoms with Gasteiger partial charge in [-0.05, 0) is 28.1 Å². The Labute approximate surface area is 113 Å². The zero-order valence-electron chi connectivity index (χ0n) is 9.62. The fourth-order valence-electron chi connectivity index (χ4n) is 1.83. The predicted octanol–water partition coefficient (Wildman–Crippen LogP) is 1.88. The molecule has 1 aromatic heterocycles. The van der Waals surface area contributed by atoms with Crippen molar-refractivity contribution in [2.24, 2.45) is 0 Å². The highest BCUT2D eigenvalue weighted by Gasteiger charge is 2.38. The second kappa shape index (κ2) is 5.49. The van der Waals surface area contributed by atoms with Gasteiger partial charge in [0.15, 0.2) is 0 Å². The number of amides is 1. The molecule has 1 aliphatic rings. The van der Waals surface area contributed by atoms with E-state index in [9.17, 15) is 9.90 Å². The predicted molar refractivity (Wildman–Crippen MR) is 68.9 cm³/mol. The minimum absolute atomic E-state index is 0.158. The number of halogens is 1. The van der Waals surface area contributed by atoms with Gasteiger partial charge in [0.1, 0.15) is 18.8 Å². The van der Waals surface area contributed by atoms with E-state index >= 15 is 0 Å². The van der Waals surface area contributed by atoms with Gasteiger partial charge in [0.2, 0.25) is 0 Å². The van der Waals surface area contributed by atoms with Gasteiger partial charge in [0.05, 0.1) is 5.69 Å². The van der Waals surface area contributed by atoms with Crippen molar-refractivity contribution < 1.29 is 14.6 Å². The molecule has 6 heteroatoms. The number of pyridine rings is 1. The molecule has 0 bridgehead atoms. The first-order valence-corrected chi connectivity index (χ1v) is 6.26. The van der Waals surface area contributed by atoms with E-state index in [4.69, 9.17) is 4.74 Å². The number of aliphatic hydroxyl groups is 1. The number of rotatable bonds is 4. The second-order valence-electron chi connectivity index (χ2n) is 3.93. The Hall–Kier alpha value is -1.40. The van der Waals surface area contributed by atoms with Crippen LogP contribution in [0.3, 0.4) is 0 Å². The first-order valence-electron chi connectivity index (χ1n) is 5.47. The van der Waals surface area contributed by atoms with Crippen molar-refractivity contribution >= 4 is 22.0 Å². The molecule has 1 saturated heterocycles. The van der Waals surface area contributed by atoms with Gasteiger partial charge in [0.25, 0.3) is 0 Å². The third-order valence-electron chi connectivity index (χ3n) is 2.76. The molecular weight excluding hydrogens is 300 g/mol. The van der Waals surface area contributed by atoms with Crippen LogP contribution in [0.25, 0.3) is 0 Å². The standard InChI is InChI=1S/C12H13BrN2O3/c1-2-5-15-10(7-18-12(15)17)11(16)9-4-3-8(13)6-14-9/h2-4,6,10-11,16H,1,5,7H2/t10-,11+/m1/s1. The molecule has 0 spiro atoms. The molecule has 1 amide bonds. The minimum Gasteiger partial charge on any atom is -0.447 e. The fraction of sp³-hybridized carbons (Fsp3) is 0.333. The summed E-state index contributed by atoms with van der Waals surface area (Å²) in [5, 5.41) is 10.2. The molecule has 1 aromatic rings. The van der Waals surface area contributed by atoms with Gasteiger partial charge in [-0.25, -0.2) is 4.79 Å². The third-order valence-corrected chi connectivity index (χ3v) is 3.23.